The second-order valence-corrected chi connectivity index (χ2v) is 5.73. The quantitative estimate of drug-likeness (QED) is 0.709. The lowest BCUT2D eigenvalue weighted by molar-refractivity contribution is -0.136. The molecule has 0 atom stereocenters. The molecule has 6 nitrogen and oxygen atoms in total. The monoisotopic (exact) mass is 391 g/mol. The molecule has 1 amide bonds. The van der Waals surface area contributed by atoms with Crippen LogP contribution in [0.4, 0.5) is 18.9 Å². The maximum Gasteiger partial charge on any atom is 0.418 e. The number of halogens is 3. The molecule has 3 aromatic rings. The van der Waals surface area contributed by atoms with Crippen LogP contribution in [0, 0.1) is 0 Å². The molecule has 1 heterocycles. The third kappa shape index (κ3) is 4.08. The zero-order chi connectivity index (χ0) is 20.3. The van der Waals surface area contributed by atoms with Gasteiger partial charge >= 0.3 is 6.18 Å². The van der Waals surface area contributed by atoms with Gasteiger partial charge in [0.1, 0.15) is 11.5 Å². The van der Waals surface area contributed by atoms with E-state index in [1.807, 2.05) is 0 Å². The number of rotatable bonds is 5. The van der Waals surface area contributed by atoms with E-state index >= 15 is 0 Å². The Kier molecular flexibility index (Phi) is 5.25. The first-order chi connectivity index (χ1) is 13.3. The second kappa shape index (κ2) is 7.63. The molecule has 1 aromatic heterocycles. The normalized spacial score (nSPS) is 11.2. The van der Waals surface area contributed by atoms with E-state index in [0.717, 1.165) is 6.07 Å². The average Bonchev–Trinajstić information content (AvgIpc) is 3.21. The van der Waals surface area contributed by atoms with E-state index in [9.17, 15) is 18.0 Å². The SMILES string of the molecule is COc1cc(OC)cc(C(=O)Nc2ccc(-n3cccn3)cc2C(F)(F)F)c1. The Bertz CT molecular complexity index is 964. The number of carbonyl (C=O) groups is 1. The van der Waals surface area contributed by atoms with Crippen molar-refractivity contribution in [3.63, 3.8) is 0 Å². The summed E-state index contributed by atoms with van der Waals surface area (Å²) in [6.07, 6.45) is -1.69. The summed E-state index contributed by atoms with van der Waals surface area (Å²) in [5.74, 6) is -0.0429. The van der Waals surface area contributed by atoms with Crippen molar-refractivity contribution in [3.05, 3.63) is 66.0 Å². The predicted molar refractivity (Wildman–Crippen MR) is 96.1 cm³/mol. The van der Waals surface area contributed by atoms with Crippen LogP contribution >= 0.6 is 0 Å². The lowest BCUT2D eigenvalue weighted by atomic mass is 10.1. The molecule has 9 heteroatoms. The van der Waals surface area contributed by atoms with Gasteiger partial charge in [0.25, 0.3) is 5.91 Å². The summed E-state index contributed by atoms with van der Waals surface area (Å²) in [4.78, 5) is 12.5. The minimum atomic E-state index is -4.67. The maximum absolute atomic E-state index is 13.5. The van der Waals surface area contributed by atoms with E-state index in [1.54, 1.807) is 12.1 Å². The summed E-state index contributed by atoms with van der Waals surface area (Å²) in [5, 5.41) is 6.23. The van der Waals surface area contributed by atoms with E-state index in [4.69, 9.17) is 9.47 Å². The molecule has 0 saturated heterocycles. The molecule has 0 aliphatic carbocycles. The van der Waals surface area contributed by atoms with Gasteiger partial charge in [-0.25, -0.2) is 4.68 Å². The summed E-state index contributed by atoms with van der Waals surface area (Å²) in [6.45, 7) is 0. The van der Waals surface area contributed by atoms with Gasteiger partial charge in [-0.3, -0.25) is 4.79 Å². The summed E-state index contributed by atoms with van der Waals surface area (Å²) in [7, 11) is 2.82. The Labute approximate surface area is 158 Å². The number of alkyl halides is 3. The van der Waals surface area contributed by atoms with Crippen molar-refractivity contribution >= 4 is 11.6 Å². The van der Waals surface area contributed by atoms with Crippen LogP contribution in [0.25, 0.3) is 5.69 Å². The largest absolute Gasteiger partial charge is 0.497 e. The molecule has 0 aliphatic rings. The number of nitrogens with zero attached hydrogens (tertiary/aromatic N) is 2. The number of carbonyl (C=O) groups excluding carboxylic acids is 1. The number of amides is 1. The van der Waals surface area contributed by atoms with E-state index in [1.165, 1.54) is 55.6 Å². The molecular weight excluding hydrogens is 375 g/mol. The maximum atomic E-state index is 13.5. The molecule has 146 valence electrons. The van der Waals surface area contributed by atoms with Crippen LogP contribution in [0.5, 0.6) is 11.5 Å². The molecule has 0 spiro atoms. The highest BCUT2D eigenvalue weighted by atomic mass is 19.4. The Morgan fingerprint density at radius 2 is 1.75 bits per heavy atom. The average molecular weight is 391 g/mol. The van der Waals surface area contributed by atoms with Crippen molar-refractivity contribution in [2.75, 3.05) is 19.5 Å². The van der Waals surface area contributed by atoms with Crippen molar-refractivity contribution in [1.29, 1.82) is 0 Å². The van der Waals surface area contributed by atoms with Crippen LogP contribution in [0.15, 0.2) is 54.9 Å². The van der Waals surface area contributed by atoms with Crippen LogP contribution in [0.3, 0.4) is 0 Å². The third-order valence-electron chi connectivity index (χ3n) is 3.94. The fraction of sp³-hybridized carbons (Fsp3) is 0.158. The molecule has 0 unspecified atom stereocenters. The highest BCUT2D eigenvalue weighted by molar-refractivity contribution is 6.05. The van der Waals surface area contributed by atoms with Crippen LogP contribution in [-0.2, 0) is 6.18 Å². The molecular formula is C19H16F3N3O3. The molecule has 3 rings (SSSR count). The van der Waals surface area contributed by atoms with Gasteiger partial charge < -0.3 is 14.8 Å². The topological polar surface area (TPSA) is 65.4 Å². The van der Waals surface area contributed by atoms with Gasteiger partial charge in [0, 0.05) is 24.0 Å². The highest BCUT2D eigenvalue weighted by Gasteiger charge is 2.34. The van der Waals surface area contributed by atoms with Gasteiger partial charge in [0.05, 0.1) is 31.2 Å². The lowest BCUT2D eigenvalue weighted by Gasteiger charge is -2.16. The number of ether oxygens (including phenoxy) is 2. The van der Waals surface area contributed by atoms with Crippen molar-refractivity contribution in [2.24, 2.45) is 0 Å². The van der Waals surface area contributed by atoms with Crippen LogP contribution in [0.1, 0.15) is 15.9 Å². The van der Waals surface area contributed by atoms with Crippen molar-refractivity contribution in [2.45, 2.75) is 6.18 Å². The Morgan fingerprint density at radius 1 is 1.07 bits per heavy atom. The van der Waals surface area contributed by atoms with Crippen LogP contribution in [-0.4, -0.2) is 29.9 Å². The molecule has 1 N–H and O–H groups in total. The van der Waals surface area contributed by atoms with E-state index in [0.29, 0.717) is 11.5 Å². The van der Waals surface area contributed by atoms with Gasteiger partial charge in [0.2, 0.25) is 0 Å². The molecule has 2 aromatic carbocycles. The molecule has 0 fully saturated rings. The molecule has 28 heavy (non-hydrogen) atoms. The summed E-state index contributed by atoms with van der Waals surface area (Å²) in [5.41, 5.74) is -1.03. The molecule has 0 saturated carbocycles. The van der Waals surface area contributed by atoms with Gasteiger partial charge in [-0.2, -0.15) is 18.3 Å². The number of methoxy groups -OCH3 is 2. The molecule has 0 radical (unpaired) electrons. The number of aromatic nitrogens is 2. The fourth-order valence-electron chi connectivity index (χ4n) is 2.57. The zero-order valence-electron chi connectivity index (χ0n) is 14.9. The Morgan fingerprint density at radius 3 is 2.29 bits per heavy atom. The van der Waals surface area contributed by atoms with E-state index in [2.05, 4.69) is 10.4 Å². The van der Waals surface area contributed by atoms with Crippen molar-refractivity contribution in [3.8, 4) is 17.2 Å². The van der Waals surface area contributed by atoms with Crippen molar-refractivity contribution in [1.82, 2.24) is 9.78 Å². The third-order valence-corrected chi connectivity index (χ3v) is 3.94. The highest BCUT2D eigenvalue weighted by Crippen LogP contribution is 2.36. The minimum absolute atomic E-state index is 0.0977. The zero-order valence-corrected chi connectivity index (χ0v) is 14.9. The van der Waals surface area contributed by atoms with Crippen molar-refractivity contribution < 1.29 is 27.4 Å². The smallest absolute Gasteiger partial charge is 0.418 e. The predicted octanol–water partition coefficient (Wildman–Crippen LogP) is 4.16. The van der Waals surface area contributed by atoms with E-state index in [-0.39, 0.29) is 16.9 Å². The standard InChI is InChI=1S/C19H16F3N3O3/c1-27-14-8-12(9-15(11-14)28-2)18(26)24-17-5-4-13(25-7-3-6-23-25)10-16(17)19(20,21)22/h3-11H,1-2H3,(H,24,26). The van der Waals surface area contributed by atoms with Gasteiger partial charge in [-0.1, -0.05) is 0 Å². The number of benzene rings is 2. The van der Waals surface area contributed by atoms with Crippen LogP contribution in [0.2, 0.25) is 0 Å². The van der Waals surface area contributed by atoms with Gasteiger partial charge in [-0.15, -0.1) is 0 Å². The summed E-state index contributed by atoms with van der Waals surface area (Å²) in [6, 6.07) is 9.51. The minimum Gasteiger partial charge on any atom is -0.497 e. The number of anilines is 1. The number of nitrogens with one attached hydrogen (secondary N) is 1. The summed E-state index contributed by atoms with van der Waals surface area (Å²) >= 11 is 0. The molecule has 0 aliphatic heterocycles. The first-order valence-electron chi connectivity index (χ1n) is 8.07. The number of hydrogen-bond acceptors (Lipinski definition) is 4. The van der Waals surface area contributed by atoms with Gasteiger partial charge in [-0.05, 0) is 36.4 Å². The first kappa shape index (κ1) is 19.3. The molecule has 0 bridgehead atoms. The first-order valence-corrected chi connectivity index (χ1v) is 8.07. The fourth-order valence-corrected chi connectivity index (χ4v) is 2.57. The second-order valence-electron chi connectivity index (χ2n) is 5.73. The Balaban J connectivity index is 1.96. The van der Waals surface area contributed by atoms with E-state index < -0.39 is 17.6 Å². The Hall–Kier alpha value is -3.49. The lowest BCUT2D eigenvalue weighted by Crippen LogP contribution is -2.17. The summed E-state index contributed by atoms with van der Waals surface area (Å²) < 4.78 is 52.1. The van der Waals surface area contributed by atoms with Gasteiger partial charge in [0.15, 0.2) is 0 Å². The van der Waals surface area contributed by atoms with Crippen LogP contribution < -0.4 is 14.8 Å². The number of hydrogen-bond donors (Lipinski definition) is 1.